The van der Waals surface area contributed by atoms with Crippen LogP contribution in [0.25, 0.3) is 0 Å². The van der Waals surface area contributed by atoms with Crippen molar-refractivity contribution in [3.05, 3.63) is 30.3 Å². The number of carbonyl (C=O) groups excluding carboxylic acids is 1. The zero-order valence-corrected chi connectivity index (χ0v) is 11.8. The van der Waals surface area contributed by atoms with Gasteiger partial charge in [0.15, 0.2) is 0 Å². The summed E-state index contributed by atoms with van der Waals surface area (Å²) in [6, 6.07) is 10.4. The second-order valence-corrected chi connectivity index (χ2v) is 5.00. The van der Waals surface area contributed by atoms with Gasteiger partial charge in [-0.3, -0.25) is 0 Å². The van der Waals surface area contributed by atoms with E-state index in [1.54, 1.807) is 0 Å². The van der Waals surface area contributed by atoms with E-state index in [1.165, 1.54) is 19.3 Å². The first kappa shape index (κ1) is 13.9. The van der Waals surface area contributed by atoms with Crippen molar-refractivity contribution in [2.75, 3.05) is 11.5 Å². The summed E-state index contributed by atoms with van der Waals surface area (Å²) >= 11 is 0. The van der Waals surface area contributed by atoms with Crippen LogP contribution in [0, 0.1) is 0 Å². The summed E-state index contributed by atoms with van der Waals surface area (Å²) in [6.07, 6.45) is 4.70. The molecule has 1 fully saturated rings. The van der Waals surface area contributed by atoms with Crippen molar-refractivity contribution < 1.29 is 9.53 Å². The topological polar surface area (TPSA) is 29.3 Å². The van der Waals surface area contributed by atoms with Crippen molar-refractivity contribution in [1.82, 2.24) is 0 Å². The van der Waals surface area contributed by atoms with E-state index in [2.05, 4.69) is 24.0 Å². The van der Waals surface area contributed by atoms with Crippen LogP contribution in [0.4, 0.5) is 5.69 Å². The minimum Gasteiger partial charge on any atom is -0.464 e. The number of benzene rings is 1. The van der Waals surface area contributed by atoms with Crippen LogP contribution in [-0.4, -0.2) is 24.7 Å². The molecule has 2 atom stereocenters. The third-order valence-corrected chi connectivity index (χ3v) is 3.62. The Kier molecular flexibility index (Phi) is 4.83. The predicted octanol–water partition coefficient (Wildman–Crippen LogP) is 3.39. The Bertz CT molecular complexity index is 404. The molecule has 0 unspecified atom stereocenters. The summed E-state index contributed by atoms with van der Waals surface area (Å²) < 4.78 is 5.17. The molecule has 0 aromatic heterocycles. The number of hydrogen-bond donors (Lipinski definition) is 0. The summed E-state index contributed by atoms with van der Waals surface area (Å²) in [4.78, 5) is 14.2. The first-order valence-corrected chi connectivity index (χ1v) is 7.29. The van der Waals surface area contributed by atoms with Gasteiger partial charge >= 0.3 is 5.97 Å². The van der Waals surface area contributed by atoms with Crippen LogP contribution in [0.2, 0.25) is 0 Å². The van der Waals surface area contributed by atoms with E-state index in [-0.39, 0.29) is 12.0 Å². The van der Waals surface area contributed by atoms with Gasteiger partial charge in [0.1, 0.15) is 6.04 Å². The number of hydrogen-bond acceptors (Lipinski definition) is 3. The molecule has 0 radical (unpaired) electrons. The molecule has 3 nitrogen and oxygen atoms in total. The largest absolute Gasteiger partial charge is 0.464 e. The maximum atomic E-state index is 12.0. The van der Waals surface area contributed by atoms with E-state index in [1.807, 2.05) is 25.1 Å². The molecular formula is C16H23NO2. The molecule has 1 aliphatic heterocycles. The van der Waals surface area contributed by atoms with Crippen molar-refractivity contribution in [2.45, 2.75) is 51.6 Å². The van der Waals surface area contributed by atoms with Crippen molar-refractivity contribution in [3.63, 3.8) is 0 Å². The molecule has 0 N–H and O–H groups in total. The molecular weight excluding hydrogens is 238 g/mol. The van der Waals surface area contributed by atoms with Crippen LogP contribution >= 0.6 is 0 Å². The van der Waals surface area contributed by atoms with E-state index in [9.17, 15) is 4.79 Å². The van der Waals surface area contributed by atoms with E-state index in [0.29, 0.717) is 12.6 Å². The number of carbonyl (C=O) groups is 1. The Labute approximate surface area is 115 Å². The zero-order chi connectivity index (χ0) is 13.7. The van der Waals surface area contributed by atoms with Crippen molar-refractivity contribution in [3.8, 4) is 0 Å². The molecule has 0 bridgehead atoms. The molecule has 0 saturated carbocycles. The van der Waals surface area contributed by atoms with Gasteiger partial charge in [-0.25, -0.2) is 4.79 Å². The number of nitrogens with zero attached hydrogens (tertiary/aromatic N) is 1. The highest BCUT2D eigenvalue weighted by molar-refractivity contribution is 5.88. The molecule has 19 heavy (non-hydrogen) atoms. The summed E-state index contributed by atoms with van der Waals surface area (Å²) in [6.45, 7) is 4.52. The van der Waals surface area contributed by atoms with Gasteiger partial charge < -0.3 is 9.64 Å². The molecule has 1 saturated heterocycles. The van der Waals surface area contributed by atoms with Gasteiger partial charge in [0.05, 0.1) is 12.6 Å². The predicted molar refractivity (Wildman–Crippen MR) is 77.3 cm³/mol. The Morgan fingerprint density at radius 1 is 1.21 bits per heavy atom. The summed E-state index contributed by atoms with van der Waals surface area (Å²) in [5.41, 5.74) is 1.13. The van der Waals surface area contributed by atoms with E-state index in [0.717, 1.165) is 12.1 Å². The third kappa shape index (κ3) is 3.28. The van der Waals surface area contributed by atoms with Gasteiger partial charge in [0.2, 0.25) is 0 Å². The SMILES string of the molecule is CCCCC[C@@H]1[C@H](C(=O)OCC)N1c1ccccc1. The second kappa shape index (κ2) is 6.60. The molecule has 0 amide bonds. The average molecular weight is 261 g/mol. The highest BCUT2D eigenvalue weighted by Crippen LogP contribution is 2.38. The monoisotopic (exact) mass is 261 g/mol. The minimum absolute atomic E-state index is 0.0702. The lowest BCUT2D eigenvalue weighted by Gasteiger charge is -2.05. The number of ether oxygens (including phenoxy) is 1. The first-order valence-electron chi connectivity index (χ1n) is 7.29. The number of para-hydroxylation sites is 1. The smallest absolute Gasteiger partial charge is 0.330 e. The standard InChI is InChI=1S/C16H23NO2/c1-3-5-7-12-14-15(16(18)19-4-2)17(14)13-10-8-6-9-11-13/h6,8-11,14-15H,3-5,7,12H2,1-2H3/t14-,15-,17?/m1/s1. The number of anilines is 1. The van der Waals surface area contributed by atoms with Crippen LogP contribution in [0.5, 0.6) is 0 Å². The van der Waals surface area contributed by atoms with Gasteiger partial charge in [-0.15, -0.1) is 0 Å². The van der Waals surface area contributed by atoms with Crippen LogP contribution < -0.4 is 4.90 Å². The first-order chi connectivity index (χ1) is 9.29. The molecule has 1 heterocycles. The fourth-order valence-corrected chi connectivity index (χ4v) is 2.63. The highest BCUT2D eigenvalue weighted by atomic mass is 16.5. The van der Waals surface area contributed by atoms with Crippen LogP contribution in [0.15, 0.2) is 30.3 Å². The molecule has 1 aliphatic rings. The van der Waals surface area contributed by atoms with E-state index in [4.69, 9.17) is 4.74 Å². The second-order valence-electron chi connectivity index (χ2n) is 5.00. The fourth-order valence-electron chi connectivity index (χ4n) is 2.63. The summed E-state index contributed by atoms with van der Waals surface area (Å²) in [7, 11) is 0. The van der Waals surface area contributed by atoms with Gasteiger partial charge in [-0.2, -0.15) is 0 Å². The molecule has 1 aromatic carbocycles. The quantitative estimate of drug-likeness (QED) is 0.428. The maximum absolute atomic E-state index is 12.0. The van der Waals surface area contributed by atoms with Crippen molar-refractivity contribution >= 4 is 11.7 Å². The number of unbranched alkanes of at least 4 members (excludes halogenated alkanes) is 2. The number of esters is 1. The molecule has 104 valence electrons. The van der Waals surface area contributed by atoms with Crippen molar-refractivity contribution in [2.24, 2.45) is 0 Å². The van der Waals surface area contributed by atoms with Crippen LogP contribution in [0.1, 0.15) is 39.5 Å². The Morgan fingerprint density at radius 3 is 2.58 bits per heavy atom. The van der Waals surface area contributed by atoms with Crippen LogP contribution in [0.3, 0.4) is 0 Å². The molecule has 0 aliphatic carbocycles. The lowest BCUT2D eigenvalue weighted by atomic mass is 10.1. The van der Waals surface area contributed by atoms with Gasteiger partial charge in [0, 0.05) is 5.69 Å². The van der Waals surface area contributed by atoms with Gasteiger partial charge in [0.25, 0.3) is 0 Å². The van der Waals surface area contributed by atoms with Gasteiger partial charge in [-0.05, 0) is 25.5 Å². The number of rotatable bonds is 7. The molecule has 3 heteroatoms. The summed E-state index contributed by atoms with van der Waals surface area (Å²) in [5.74, 6) is -0.0761. The third-order valence-electron chi connectivity index (χ3n) is 3.62. The average Bonchev–Trinajstić information content (AvgIpc) is 3.15. The highest BCUT2D eigenvalue weighted by Gasteiger charge is 2.52. The molecule has 0 spiro atoms. The molecule has 2 rings (SSSR count). The Hall–Kier alpha value is -1.51. The Balaban J connectivity index is 2.00. The minimum atomic E-state index is -0.0761. The lowest BCUT2D eigenvalue weighted by Crippen LogP contribution is -2.16. The summed E-state index contributed by atoms with van der Waals surface area (Å²) in [5, 5.41) is 0. The maximum Gasteiger partial charge on any atom is 0.330 e. The van der Waals surface area contributed by atoms with Crippen LogP contribution in [-0.2, 0) is 9.53 Å². The van der Waals surface area contributed by atoms with Crippen molar-refractivity contribution in [1.29, 1.82) is 0 Å². The lowest BCUT2D eigenvalue weighted by molar-refractivity contribution is -0.142. The molecule has 1 aromatic rings. The van der Waals surface area contributed by atoms with E-state index >= 15 is 0 Å². The van der Waals surface area contributed by atoms with E-state index < -0.39 is 0 Å². The normalized spacial score (nSPS) is 21.3. The fraction of sp³-hybridized carbons (Fsp3) is 0.562. The Morgan fingerprint density at radius 2 is 1.95 bits per heavy atom. The zero-order valence-electron chi connectivity index (χ0n) is 11.8. The van der Waals surface area contributed by atoms with Gasteiger partial charge in [-0.1, -0.05) is 44.4 Å².